The van der Waals surface area contributed by atoms with Gasteiger partial charge in [0.25, 0.3) is 15.9 Å². The maximum Gasteiger partial charge on any atom is 0.264 e. The summed E-state index contributed by atoms with van der Waals surface area (Å²) < 4.78 is 29.5. The average molecular weight is 514 g/mol. The van der Waals surface area contributed by atoms with Gasteiger partial charge in [-0.15, -0.1) is 0 Å². The molecule has 5 rings (SSSR count). The molecule has 6 nitrogen and oxygen atoms in total. The van der Waals surface area contributed by atoms with Crippen molar-refractivity contribution in [3.05, 3.63) is 82.3 Å². The first-order valence-electron chi connectivity index (χ1n) is 9.50. The first-order valence-corrected chi connectivity index (χ1v) is 12.5. The van der Waals surface area contributed by atoms with Crippen molar-refractivity contribution in [2.75, 3.05) is 16.2 Å². The minimum atomic E-state index is -3.69. The van der Waals surface area contributed by atoms with E-state index in [1.54, 1.807) is 0 Å². The maximum atomic E-state index is 13.1. The van der Waals surface area contributed by atoms with Crippen molar-refractivity contribution in [2.24, 2.45) is 0 Å². The Labute approximate surface area is 191 Å². The van der Waals surface area contributed by atoms with Gasteiger partial charge in [-0.1, -0.05) is 45.5 Å². The van der Waals surface area contributed by atoms with E-state index in [4.69, 9.17) is 0 Å². The van der Waals surface area contributed by atoms with E-state index in [1.165, 1.54) is 39.9 Å². The van der Waals surface area contributed by atoms with Gasteiger partial charge < -0.3 is 0 Å². The van der Waals surface area contributed by atoms with E-state index in [-0.39, 0.29) is 10.8 Å². The van der Waals surface area contributed by atoms with Gasteiger partial charge in [-0.3, -0.25) is 14.4 Å². The van der Waals surface area contributed by atoms with Gasteiger partial charge in [-0.25, -0.2) is 13.4 Å². The number of carbonyl (C=O) groups excluding carboxylic acids is 1. The minimum Gasteiger partial charge on any atom is -0.298 e. The number of anilines is 2. The predicted molar refractivity (Wildman–Crippen MR) is 126 cm³/mol. The lowest BCUT2D eigenvalue weighted by molar-refractivity contribution is 0.102. The fourth-order valence-electron chi connectivity index (χ4n) is 3.58. The fourth-order valence-corrected chi connectivity index (χ4v) is 6.50. The molecule has 0 radical (unpaired) electrons. The van der Waals surface area contributed by atoms with E-state index in [0.29, 0.717) is 29.3 Å². The molecule has 31 heavy (non-hydrogen) atoms. The molecule has 0 unspecified atom stereocenters. The molecule has 1 amide bonds. The Morgan fingerprint density at radius 3 is 2.65 bits per heavy atom. The number of thiazole rings is 1. The van der Waals surface area contributed by atoms with Crippen molar-refractivity contribution >= 4 is 64.2 Å². The van der Waals surface area contributed by atoms with E-state index >= 15 is 0 Å². The summed E-state index contributed by atoms with van der Waals surface area (Å²) >= 11 is 4.80. The molecular formula is C22H16BrN3O3S2. The van der Waals surface area contributed by atoms with Crippen LogP contribution in [0.4, 0.5) is 10.8 Å². The van der Waals surface area contributed by atoms with Crippen LogP contribution in [0.25, 0.3) is 10.2 Å². The third-order valence-electron chi connectivity index (χ3n) is 5.12. The third kappa shape index (κ3) is 3.73. The van der Waals surface area contributed by atoms with E-state index in [2.05, 4.69) is 26.2 Å². The number of hydrogen-bond acceptors (Lipinski definition) is 5. The van der Waals surface area contributed by atoms with Crippen molar-refractivity contribution < 1.29 is 13.2 Å². The molecule has 0 aliphatic carbocycles. The van der Waals surface area contributed by atoms with E-state index in [0.717, 1.165) is 20.3 Å². The van der Waals surface area contributed by atoms with Crippen molar-refractivity contribution in [2.45, 2.75) is 11.3 Å². The van der Waals surface area contributed by atoms with Crippen LogP contribution in [0.5, 0.6) is 0 Å². The van der Waals surface area contributed by atoms with Gasteiger partial charge in [0.15, 0.2) is 5.13 Å². The highest BCUT2D eigenvalue weighted by Gasteiger charge is 2.30. The number of benzene rings is 3. The zero-order valence-corrected chi connectivity index (χ0v) is 19.3. The van der Waals surface area contributed by atoms with Crippen LogP contribution in [0.1, 0.15) is 15.9 Å². The maximum absolute atomic E-state index is 13.1. The van der Waals surface area contributed by atoms with Crippen molar-refractivity contribution in [1.82, 2.24) is 4.98 Å². The number of aromatic nitrogens is 1. The highest BCUT2D eigenvalue weighted by atomic mass is 79.9. The summed E-state index contributed by atoms with van der Waals surface area (Å²) in [7, 11) is -3.69. The highest BCUT2D eigenvalue weighted by Crippen LogP contribution is 2.33. The van der Waals surface area contributed by atoms with Crippen LogP contribution in [-0.2, 0) is 16.4 Å². The number of halogens is 1. The molecule has 1 aliphatic heterocycles. The number of nitrogens with one attached hydrogen (secondary N) is 1. The monoisotopic (exact) mass is 513 g/mol. The lowest BCUT2D eigenvalue weighted by Gasteiger charge is -2.19. The Morgan fingerprint density at radius 1 is 1.06 bits per heavy atom. The van der Waals surface area contributed by atoms with Gasteiger partial charge in [0.2, 0.25) is 0 Å². The van der Waals surface area contributed by atoms with Crippen LogP contribution in [-0.4, -0.2) is 25.9 Å². The number of amides is 1. The summed E-state index contributed by atoms with van der Waals surface area (Å²) in [6, 6.07) is 19.2. The smallest absolute Gasteiger partial charge is 0.264 e. The molecule has 4 aromatic rings. The molecular weight excluding hydrogens is 498 g/mol. The summed E-state index contributed by atoms with van der Waals surface area (Å²) in [6.45, 7) is 0.414. The number of hydrogen-bond donors (Lipinski definition) is 1. The molecule has 9 heteroatoms. The third-order valence-corrected chi connectivity index (χ3v) is 8.37. The first-order chi connectivity index (χ1) is 14.9. The van der Waals surface area contributed by atoms with Crippen LogP contribution in [0.3, 0.4) is 0 Å². The molecule has 0 atom stereocenters. The molecule has 1 N–H and O–H groups in total. The molecule has 0 saturated carbocycles. The van der Waals surface area contributed by atoms with Crippen molar-refractivity contribution in [3.8, 4) is 0 Å². The van der Waals surface area contributed by atoms with Gasteiger partial charge >= 0.3 is 0 Å². The molecule has 0 saturated heterocycles. The van der Waals surface area contributed by atoms with Crippen molar-refractivity contribution in [1.29, 1.82) is 0 Å². The molecule has 0 spiro atoms. The standard InChI is InChI=1S/C22H16BrN3O3S2/c23-16-7-10-18-20(13-16)30-22(24-18)25-21(27)15-5-8-17(9-6-15)31(28,29)26-12-11-14-3-1-2-4-19(14)26/h1-10,13H,11-12H2,(H,24,25,27). The summed E-state index contributed by atoms with van der Waals surface area (Å²) in [4.78, 5) is 17.2. The SMILES string of the molecule is O=C(Nc1nc2ccc(Br)cc2s1)c1ccc(S(=O)(=O)N2CCc3ccccc32)cc1. The summed E-state index contributed by atoms with van der Waals surface area (Å²) in [5.74, 6) is -0.339. The Kier molecular flexibility index (Phi) is 5.04. The molecule has 3 aromatic carbocycles. The second-order valence-corrected chi connectivity index (χ2v) is 10.9. The van der Waals surface area contributed by atoms with E-state index in [1.807, 2.05) is 42.5 Å². The molecule has 156 valence electrons. The van der Waals surface area contributed by atoms with E-state index < -0.39 is 10.0 Å². The van der Waals surface area contributed by atoms with Gasteiger partial charge in [0.1, 0.15) is 0 Å². The van der Waals surface area contributed by atoms with Crippen molar-refractivity contribution in [3.63, 3.8) is 0 Å². The van der Waals surface area contributed by atoms with Gasteiger partial charge in [0, 0.05) is 16.6 Å². The van der Waals surface area contributed by atoms with Crippen LogP contribution in [0.2, 0.25) is 0 Å². The van der Waals surface area contributed by atoms with Crippen LogP contribution >= 0.6 is 27.3 Å². The van der Waals surface area contributed by atoms with Crippen LogP contribution in [0, 0.1) is 0 Å². The molecule has 0 bridgehead atoms. The summed E-state index contributed by atoms with van der Waals surface area (Å²) in [5.41, 5.74) is 2.90. The zero-order chi connectivity index (χ0) is 21.6. The largest absolute Gasteiger partial charge is 0.298 e. The van der Waals surface area contributed by atoms with E-state index in [9.17, 15) is 13.2 Å². The average Bonchev–Trinajstić information content (AvgIpc) is 3.37. The van der Waals surface area contributed by atoms with Gasteiger partial charge in [-0.05, 0) is 60.5 Å². The Bertz CT molecular complexity index is 1420. The number of nitrogens with zero attached hydrogens (tertiary/aromatic N) is 2. The molecule has 1 aromatic heterocycles. The number of carbonyl (C=O) groups is 1. The topological polar surface area (TPSA) is 79.4 Å². The zero-order valence-electron chi connectivity index (χ0n) is 16.1. The molecule has 1 aliphatic rings. The Morgan fingerprint density at radius 2 is 1.84 bits per heavy atom. The highest BCUT2D eigenvalue weighted by molar-refractivity contribution is 9.10. The van der Waals surface area contributed by atoms with Gasteiger partial charge in [-0.2, -0.15) is 0 Å². The second-order valence-electron chi connectivity index (χ2n) is 7.07. The summed E-state index contributed by atoms with van der Waals surface area (Å²) in [6.07, 6.45) is 0.689. The lowest BCUT2D eigenvalue weighted by atomic mass is 10.2. The predicted octanol–water partition coefficient (Wildman–Crippen LogP) is 5.06. The normalized spacial score (nSPS) is 13.4. The molecule has 0 fully saturated rings. The Balaban J connectivity index is 1.36. The number of sulfonamides is 1. The first kappa shape index (κ1) is 20.2. The number of para-hydroxylation sites is 1. The van der Waals surface area contributed by atoms with Gasteiger partial charge in [0.05, 0.1) is 20.8 Å². The minimum absolute atomic E-state index is 0.158. The van der Waals surface area contributed by atoms with Crippen LogP contribution in [0.15, 0.2) is 76.1 Å². The quantitative estimate of drug-likeness (QED) is 0.413. The van der Waals surface area contributed by atoms with Crippen LogP contribution < -0.4 is 9.62 Å². The number of rotatable bonds is 4. The molecule has 2 heterocycles. The Hall–Kier alpha value is -2.75. The lowest BCUT2D eigenvalue weighted by Crippen LogP contribution is -2.29. The second kappa shape index (κ2) is 7.74. The summed E-state index contributed by atoms with van der Waals surface area (Å²) in [5, 5.41) is 3.28. The number of fused-ring (bicyclic) bond motifs is 2. The fraction of sp³-hybridized carbons (Fsp3) is 0.0909.